The van der Waals surface area contributed by atoms with Crippen molar-refractivity contribution in [2.45, 2.75) is 19.9 Å². The van der Waals surface area contributed by atoms with Gasteiger partial charge >= 0.3 is 0 Å². The summed E-state index contributed by atoms with van der Waals surface area (Å²) in [6, 6.07) is 15.5. The first-order valence-electron chi connectivity index (χ1n) is 10.4. The van der Waals surface area contributed by atoms with Crippen molar-refractivity contribution in [1.82, 2.24) is 29.5 Å². The average molecular weight is 439 g/mol. The zero-order chi connectivity index (χ0) is 23.1. The van der Waals surface area contributed by atoms with E-state index in [2.05, 4.69) is 15.4 Å². The number of hydrogen-bond acceptors (Lipinski definition) is 6. The molecule has 33 heavy (non-hydrogen) atoms. The SMILES string of the molecule is Cc1nn2cccnc2c1C(=O)NC(C)c1nc2cccc(N)c2c(=O)n1-c1ccccc1. The van der Waals surface area contributed by atoms with Gasteiger partial charge in [-0.05, 0) is 44.2 Å². The third-order valence-electron chi connectivity index (χ3n) is 5.50. The molecule has 164 valence electrons. The monoisotopic (exact) mass is 439 g/mol. The predicted octanol–water partition coefficient (Wildman–Crippen LogP) is 2.81. The van der Waals surface area contributed by atoms with E-state index < -0.39 is 6.04 Å². The van der Waals surface area contributed by atoms with E-state index in [1.807, 2.05) is 30.3 Å². The molecule has 3 N–H and O–H groups in total. The highest BCUT2D eigenvalue weighted by Crippen LogP contribution is 2.22. The molecule has 2 aromatic carbocycles. The number of fused-ring (bicyclic) bond motifs is 2. The Kier molecular flexibility index (Phi) is 4.86. The van der Waals surface area contributed by atoms with Crippen molar-refractivity contribution in [1.29, 1.82) is 0 Å². The van der Waals surface area contributed by atoms with Crippen LogP contribution in [0.5, 0.6) is 0 Å². The Morgan fingerprint density at radius 1 is 1.09 bits per heavy atom. The first kappa shape index (κ1) is 20.4. The van der Waals surface area contributed by atoms with Crippen LogP contribution in [0.4, 0.5) is 5.69 Å². The zero-order valence-corrected chi connectivity index (χ0v) is 18.1. The van der Waals surface area contributed by atoms with Gasteiger partial charge in [0.25, 0.3) is 11.5 Å². The summed E-state index contributed by atoms with van der Waals surface area (Å²) in [4.78, 5) is 35.8. The fraction of sp³-hybridized carbons (Fsp3) is 0.125. The lowest BCUT2D eigenvalue weighted by Crippen LogP contribution is -2.33. The van der Waals surface area contributed by atoms with E-state index in [4.69, 9.17) is 10.7 Å². The van der Waals surface area contributed by atoms with Crippen molar-refractivity contribution in [3.05, 3.63) is 94.4 Å². The van der Waals surface area contributed by atoms with Crippen LogP contribution in [0.25, 0.3) is 22.2 Å². The summed E-state index contributed by atoms with van der Waals surface area (Å²) in [5.74, 6) is 0.0370. The first-order valence-corrected chi connectivity index (χ1v) is 10.4. The second-order valence-electron chi connectivity index (χ2n) is 7.73. The van der Waals surface area contributed by atoms with Gasteiger partial charge in [-0.1, -0.05) is 24.3 Å². The van der Waals surface area contributed by atoms with Crippen molar-refractivity contribution in [3.63, 3.8) is 0 Å². The number of hydrogen-bond donors (Lipinski definition) is 2. The number of nitrogens with zero attached hydrogens (tertiary/aromatic N) is 5. The number of carbonyl (C=O) groups excluding carboxylic acids is 1. The Hall–Kier alpha value is -4.53. The summed E-state index contributed by atoms with van der Waals surface area (Å²) in [6.45, 7) is 3.54. The minimum absolute atomic E-state index is 0.297. The van der Waals surface area contributed by atoms with E-state index in [0.29, 0.717) is 45.0 Å². The average Bonchev–Trinajstić information content (AvgIpc) is 3.15. The Morgan fingerprint density at radius 3 is 2.67 bits per heavy atom. The van der Waals surface area contributed by atoms with Crippen molar-refractivity contribution >= 4 is 28.1 Å². The lowest BCUT2D eigenvalue weighted by molar-refractivity contribution is 0.0938. The highest BCUT2D eigenvalue weighted by molar-refractivity contribution is 6.01. The maximum absolute atomic E-state index is 13.5. The van der Waals surface area contributed by atoms with Crippen molar-refractivity contribution in [2.75, 3.05) is 5.73 Å². The summed E-state index contributed by atoms with van der Waals surface area (Å²) in [5.41, 5.74) is 8.65. The molecule has 1 atom stereocenters. The van der Waals surface area contributed by atoms with Crippen molar-refractivity contribution < 1.29 is 4.79 Å². The van der Waals surface area contributed by atoms with Gasteiger partial charge in [-0.25, -0.2) is 14.5 Å². The molecule has 5 rings (SSSR count). The second kappa shape index (κ2) is 7.86. The molecule has 5 aromatic rings. The Labute approximate surface area is 188 Å². The zero-order valence-electron chi connectivity index (χ0n) is 18.1. The van der Waals surface area contributed by atoms with Gasteiger partial charge in [0.1, 0.15) is 11.4 Å². The van der Waals surface area contributed by atoms with Gasteiger partial charge in [-0.3, -0.25) is 14.2 Å². The fourth-order valence-electron chi connectivity index (χ4n) is 3.99. The molecule has 3 heterocycles. The van der Waals surface area contributed by atoms with Gasteiger partial charge in [0.05, 0.1) is 28.3 Å². The predicted molar refractivity (Wildman–Crippen MR) is 125 cm³/mol. The number of nitrogens with one attached hydrogen (secondary N) is 1. The molecule has 0 bridgehead atoms. The molecule has 1 amide bonds. The normalized spacial score (nSPS) is 12.2. The lowest BCUT2D eigenvalue weighted by atomic mass is 10.1. The summed E-state index contributed by atoms with van der Waals surface area (Å²) >= 11 is 0. The van der Waals surface area contributed by atoms with Crippen LogP contribution >= 0.6 is 0 Å². The number of nitrogen functional groups attached to an aromatic ring is 1. The Balaban J connectivity index is 1.64. The maximum atomic E-state index is 13.5. The molecule has 0 radical (unpaired) electrons. The molecule has 0 aliphatic carbocycles. The molecular formula is C24H21N7O2. The van der Waals surface area contributed by atoms with E-state index in [1.54, 1.807) is 55.0 Å². The molecule has 0 aliphatic heterocycles. The highest BCUT2D eigenvalue weighted by atomic mass is 16.2. The van der Waals surface area contributed by atoms with Gasteiger partial charge in [-0.15, -0.1) is 0 Å². The third-order valence-corrected chi connectivity index (χ3v) is 5.50. The fourth-order valence-corrected chi connectivity index (χ4v) is 3.99. The second-order valence-corrected chi connectivity index (χ2v) is 7.73. The van der Waals surface area contributed by atoms with Gasteiger partial charge in [0.15, 0.2) is 5.65 Å². The van der Waals surface area contributed by atoms with E-state index in [1.165, 1.54) is 4.57 Å². The molecule has 0 spiro atoms. The van der Waals surface area contributed by atoms with Crippen LogP contribution in [-0.2, 0) is 0 Å². The molecule has 0 saturated heterocycles. The molecular weight excluding hydrogens is 418 g/mol. The van der Waals surface area contributed by atoms with Crippen LogP contribution in [0.2, 0.25) is 0 Å². The van der Waals surface area contributed by atoms with Crippen LogP contribution in [0.1, 0.15) is 34.8 Å². The summed E-state index contributed by atoms with van der Waals surface area (Å²) < 4.78 is 3.05. The number of para-hydroxylation sites is 1. The van der Waals surface area contributed by atoms with Gasteiger partial charge in [0.2, 0.25) is 0 Å². The number of nitrogens with two attached hydrogens (primary N) is 1. The summed E-state index contributed by atoms with van der Waals surface area (Å²) in [7, 11) is 0. The standard InChI is InChI=1S/C24H21N7O2/c1-14-19(22-26-12-7-13-30(22)29-14)23(32)27-15(2)21-28-18-11-6-10-17(25)20(18)24(33)31(21)16-8-4-3-5-9-16/h3-13,15H,25H2,1-2H3,(H,27,32). The Morgan fingerprint density at radius 2 is 1.88 bits per heavy atom. The summed E-state index contributed by atoms with van der Waals surface area (Å²) in [5, 5.41) is 7.65. The third kappa shape index (κ3) is 3.39. The quantitative estimate of drug-likeness (QED) is 0.416. The van der Waals surface area contributed by atoms with Crippen LogP contribution in [-0.4, -0.2) is 30.1 Å². The molecule has 0 aliphatic rings. The number of amides is 1. The molecule has 1 unspecified atom stereocenters. The van der Waals surface area contributed by atoms with Crippen LogP contribution < -0.4 is 16.6 Å². The van der Waals surface area contributed by atoms with Crippen molar-refractivity contribution in [2.24, 2.45) is 0 Å². The minimum atomic E-state index is -0.603. The smallest absolute Gasteiger partial charge is 0.268 e. The van der Waals surface area contributed by atoms with E-state index >= 15 is 0 Å². The first-order chi connectivity index (χ1) is 16.0. The minimum Gasteiger partial charge on any atom is -0.398 e. The topological polar surface area (TPSA) is 120 Å². The lowest BCUT2D eigenvalue weighted by Gasteiger charge is -2.20. The van der Waals surface area contributed by atoms with E-state index in [9.17, 15) is 9.59 Å². The molecule has 3 aromatic heterocycles. The number of rotatable bonds is 4. The molecule has 0 fully saturated rings. The molecule has 0 saturated carbocycles. The number of benzene rings is 2. The van der Waals surface area contributed by atoms with Crippen LogP contribution in [0.3, 0.4) is 0 Å². The number of aryl methyl sites for hydroxylation is 1. The highest BCUT2D eigenvalue weighted by Gasteiger charge is 2.24. The van der Waals surface area contributed by atoms with Crippen molar-refractivity contribution in [3.8, 4) is 5.69 Å². The van der Waals surface area contributed by atoms with E-state index in [-0.39, 0.29) is 11.5 Å². The molecule has 9 nitrogen and oxygen atoms in total. The van der Waals surface area contributed by atoms with Crippen LogP contribution in [0.15, 0.2) is 71.8 Å². The Bertz CT molecular complexity index is 1570. The number of aromatic nitrogens is 5. The van der Waals surface area contributed by atoms with E-state index in [0.717, 1.165) is 0 Å². The van der Waals surface area contributed by atoms with Crippen LogP contribution in [0, 0.1) is 6.92 Å². The van der Waals surface area contributed by atoms with Gasteiger partial charge in [0, 0.05) is 18.1 Å². The molecule has 9 heteroatoms. The van der Waals surface area contributed by atoms with Gasteiger partial charge in [-0.2, -0.15) is 5.10 Å². The number of anilines is 1. The summed E-state index contributed by atoms with van der Waals surface area (Å²) in [6.07, 6.45) is 3.34. The van der Waals surface area contributed by atoms with Gasteiger partial charge < -0.3 is 11.1 Å². The largest absolute Gasteiger partial charge is 0.398 e. The maximum Gasteiger partial charge on any atom is 0.268 e. The number of carbonyl (C=O) groups is 1.